The fourth-order valence-electron chi connectivity index (χ4n) is 4.27. The van der Waals surface area contributed by atoms with E-state index in [-0.39, 0.29) is 24.0 Å². The van der Waals surface area contributed by atoms with Gasteiger partial charge in [-0.3, -0.25) is 4.98 Å². The van der Waals surface area contributed by atoms with E-state index in [0.717, 1.165) is 18.2 Å². The molecule has 1 saturated carbocycles. The lowest BCUT2D eigenvalue weighted by Crippen LogP contribution is -2.49. The number of aromatic nitrogens is 1. The highest BCUT2D eigenvalue weighted by atomic mass is 19.4. The molecular formula is C23H18F7NO2. The molecule has 0 aliphatic heterocycles. The van der Waals surface area contributed by atoms with E-state index in [0.29, 0.717) is 10.9 Å². The molecule has 0 saturated heterocycles. The Kier molecular flexibility index (Phi) is 5.55. The lowest BCUT2D eigenvalue weighted by Gasteiger charge is -2.35. The van der Waals surface area contributed by atoms with Crippen molar-refractivity contribution < 1.29 is 40.6 Å². The van der Waals surface area contributed by atoms with Crippen LogP contribution in [0.4, 0.5) is 30.7 Å². The van der Waals surface area contributed by atoms with E-state index in [1.807, 2.05) is 0 Å². The Morgan fingerprint density at radius 3 is 2.30 bits per heavy atom. The van der Waals surface area contributed by atoms with Crippen molar-refractivity contribution in [2.75, 3.05) is 0 Å². The van der Waals surface area contributed by atoms with Crippen LogP contribution in [0, 0.1) is 5.82 Å². The molecule has 1 unspecified atom stereocenters. The summed E-state index contributed by atoms with van der Waals surface area (Å²) in [5, 5.41) is 11.3. The minimum absolute atomic E-state index is 0.0418. The SMILES string of the molecule is OC(Cc1ccnc2ccccc12)(CC1(c2cc(F)ccc2OC(F)(F)F)CC1)C(F)(F)F. The Morgan fingerprint density at radius 2 is 1.67 bits per heavy atom. The van der Waals surface area contributed by atoms with Crippen molar-refractivity contribution in [1.29, 1.82) is 0 Å². The summed E-state index contributed by atoms with van der Waals surface area (Å²) in [7, 11) is 0. The molecule has 1 fully saturated rings. The zero-order valence-electron chi connectivity index (χ0n) is 17.0. The topological polar surface area (TPSA) is 42.4 Å². The first kappa shape index (κ1) is 23.3. The second kappa shape index (κ2) is 7.86. The molecule has 4 rings (SSSR count). The fourth-order valence-corrected chi connectivity index (χ4v) is 4.27. The van der Waals surface area contributed by atoms with Crippen LogP contribution in [-0.4, -0.2) is 28.2 Å². The van der Waals surface area contributed by atoms with Crippen LogP contribution < -0.4 is 4.74 Å². The van der Waals surface area contributed by atoms with Crippen molar-refractivity contribution in [1.82, 2.24) is 4.98 Å². The highest BCUT2D eigenvalue weighted by Gasteiger charge is 2.61. The van der Waals surface area contributed by atoms with Crippen LogP contribution in [0.15, 0.2) is 54.7 Å². The van der Waals surface area contributed by atoms with Gasteiger partial charge in [0.25, 0.3) is 0 Å². The molecule has 2 aromatic carbocycles. The highest BCUT2D eigenvalue weighted by Crippen LogP contribution is 2.58. The lowest BCUT2D eigenvalue weighted by atomic mass is 9.79. The van der Waals surface area contributed by atoms with Crippen LogP contribution in [0.3, 0.4) is 0 Å². The smallest absolute Gasteiger partial charge is 0.405 e. The first-order chi connectivity index (χ1) is 15.3. The summed E-state index contributed by atoms with van der Waals surface area (Å²) < 4.78 is 98.9. The quantitative estimate of drug-likeness (QED) is 0.432. The molecule has 3 nitrogen and oxygen atoms in total. The van der Waals surface area contributed by atoms with E-state index in [1.54, 1.807) is 24.3 Å². The average Bonchev–Trinajstić information content (AvgIpc) is 3.48. The van der Waals surface area contributed by atoms with Gasteiger partial charge in [-0.2, -0.15) is 13.2 Å². The Morgan fingerprint density at radius 1 is 0.970 bits per heavy atom. The second-order valence-electron chi connectivity index (χ2n) is 8.34. The van der Waals surface area contributed by atoms with Gasteiger partial charge < -0.3 is 9.84 Å². The molecule has 0 spiro atoms. The first-order valence-electron chi connectivity index (χ1n) is 10.00. The van der Waals surface area contributed by atoms with Gasteiger partial charge >= 0.3 is 12.5 Å². The van der Waals surface area contributed by atoms with E-state index >= 15 is 0 Å². The van der Waals surface area contributed by atoms with Crippen LogP contribution in [0.1, 0.15) is 30.4 Å². The molecule has 3 aromatic rings. The maximum absolute atomic E-state index is 14.2. The fraction of sp³-hybridized carbons (Fsp3) is 0.348. The maximum atomic E-state index is 14.2. The lowest BCUT2D eigenvalue weighted by molar-refractivity contribution is -0.275. The summed E-state index contributed by atoms with van der Waals surface area (Å²) in [6.07, 6.45) is -10.6. The maximum Gasteiger partial charge on any atom is 0.573 e. The summed E-state index contributed by atoms with van der Waals surface area (Å²) in [6, 6.07) is 10.0. The van der Waals surface area contributed by atoms with Crippen molar-refractivity contribution in [3.8, 4) is 5.75 Å². The van der Waals surface area contributed by atoms with E-state index in [1.165, 1.54) is 12.3 Å². The molecule has 176 valence electrons. The molecule has 1 heterocycles. The van der Waals surface area contributed by atoms with Gasteiger partial charge in [0.05, 0.1) is 5.52 Å². The number of fused-ring (bicyclic) bond motifs is 1. The number of nitrogens with zero attached hydrogens (tertiary/aromatic N) is 1. The van der Waals surface area contributed by atoms with Gasteiger partial charge in [-0.15, -0.1) is 13.2 Å². The van der Waals surface area contributed by atoms with E-state index in [9.17, 15) is 35.8 Å². The van der Waals surface area contributed by atoms with Gasteiger partial charge in [-0.25, -0.2) is 4.39 Å². The molecule has 0 bridgehead atoms. The predicted molar refractivity (Wildman–Crippen MR) is 105 cm³/mol. The van der Waals surface area contributed by atoms with Crippen LogP contribution >= 0.6 is 0 Å². The number of benzene rings is 2. The third-order valence-corrected chi connectivity index (χ3v) is 5.97. The van der Waals surface area contributed by atoms with E-state index < -0.39 is 48.0 Å². The number of halogens is 7. The van der Waals surface area contributed by atoms with E-state index in [4.69, 9.17) is 0 Å². The van der Waals surface area contributed by atoms with Gasteiger partial charge in [-0.1, -0.05) is 18.2 Å². The van der Waals surface area contributed by atoms with Crippen LogP contribution in [0.25, 0.3) is 10.9 Å². The summed E-state index contributed by atoms with van der Waals surface area (Å²) in [4.78, 5) is 4.10. The van der Waals surface area contributed by atoms with Gasteiger partial charge in [0.15, 0.2) is 5.60 Å². The molecule has 0 radical (unpaired) electrons. The number of alkyl halides is 6. The van der Waals surface area contributed by atoms with Gasteiger partial charge in [-0.05, 0) is 55.2 Å². The summed E-state index contributed by atoms with van der Waals surface area (Å²) in [5.41, 5.74) is -4.53. The Bertz CT molecular complexity index is 1170. The number of ether oxygens (including phenoxy) is 1. The second-order valence-corrected chi connectivity index (χ2v) is 8.34. The van der Waals surface area contributed by atoms with Crippen molar-refractivity contribution in [3.05, 3.63) is 71.7 Å². The van der Waals surface area contributed by atoms with Crippen molar-refractivity contribution in [2.24, 2.45) is 0 Å². The zero-order valence-corrected chi connectivity index (χ0v) is 17.0. The van der Waals surface area contributed by atoms with Crippen LogP contribution in [0.5, 0.6) is 5.75 Å². The molecule has 1 aromatic heterocycles. The predicted octanol–water partition coefficient (Wildman–Crippen LogP) is 6.23. The van der Waals surface area contributed by atoms with Crippen molar-refractivity contribution in [2.45, 2.75) is 49.2 Å². The minimum atomic E-state index is -5.11. The van der Waals surface area contributed by atoms with Gasteiger partial charge in [0, 0.05) is 29.0 Å². The number of pyridine rings is 1. The van der Waals surface area contributed by atoms with Crippen LogP contribution in [-0.2, 0) is 11.8 Å². The molecule has 33 heavy (non-hydrogen) atoms. The zero-order chi connectivity index (χ0) is 24.1. The Labute approximate surface area is 183 Å². The highest BCUT2D eigenvalue weighted by molar-refractivity contribution is 5.82. The van der Waals surface area contributed by atoms with Gasteiger partial charge in [0.2, 0.25) is 0 Å². The molecular weight excluding hydrogens is 455 g/mol. The average molecular weight is 473 g/mol. The number of hydrogen-bond acceptors (Lipinski definition) is 3. The summed E-state index contributed by atoms with van der Waals surface area (Å²) in [5.74, 6) is -1.69. The molecule has 1 atom stereocenters. The van der Waals surface area contributed by atoms with Crippen molar-refractivity contribution in [3.63, 3.8) is 0 Å². The molecule has 1 N–H and O–H groups in total. The van der Waals surface area contributed by atoms with E-state index in [2.05, 4.69) is 9.72 Å². The summed E-state index contributed by atoms with van der Waals surface area (Å²) in [6.45, 7) is 0. The number of rotatable bonds is 6. The standard InChI is InChI=1S/C23H18F7NO2/c24-15-5-6-19(33-23(28,29)30)17(11-15)20(8-9-20)13-21(32,22(25,26)27)12-14-7-10-31-18-4-2-1-3-16(14)18/h1-7,10-11,32H,8-9,12-13H2. The van der Waals surface area contributed by atoms with Crippen LogP contribution in [0.2, 0.25) is 0 Å². The normalized spacial score (nSPS) is 17.6. The number of para-hydroxylation sites is 1. The first-order valence-corrected chi connectivity index (χ1v) is 10.00. The molecule has 1 aliphatic rings. The molecule has 1 aliphatic carbocycles. The third kappa shape index (κ3) is 4.75. The summed E-state index contributed by atoms with van der Waals surface area (Å²) >= 11 is 0. The third-order valence-electron chi connectivity index (χ3n) is 5.97. The minimum Gasteiger partial charge on any atom is -0.405 e. The Hall–Kier alpha value is -2.88. The molecule has 10 heteroatoms. The largest absolute Gasteiger partial charge is 0.573 e. The monoisotopic (exact) mass is 473 g/mol. The van der Waals surface area contributed by atoms with Gasteiger partial charge in [0.1, 0.15) is 11.6 Å². The van der Waals surface area contributed by atoms with Crippen molar-refractivity contribution >= 4 is 10.9 Å². The number of hydrogen-bond donors (Lipinski definition) is 1. The Balaban J connectivity index is 1.74. The molecule has 0 amide bonds. The number of aliphatic hydroxyl groups is 1.